The summed E-state index contributed by atoms with van der Waals surface area (Å²) in [6, 6.07) is 2.17. The van der Waals surface area contributed by atoms with Crippen molar-refractivity contribution in [1.29, 1.82) is 0 Å². The summed E-state index contributed by atoms with van der Waals surface area (Å²) < 4.78 is 0. The molecule has 0 bridgehead atoms. The van der Waals surface area contributed by atoms with Gasteiger partial charge in [0.15, 0.2) is 0 Å². The van der Waals surface area contributed by atoms with Crippen molar-refractivity contribution in [3.8, 4) is 0 Å². The molecule has 2 fully saturated rings. The Labute approximate surface area is 166 Å². The van der Waals surface area contributed by atoms with E-state index in [0.29, 0.717) is 18.2 Å². The molecule has 2 aliphatic heterocycles. The van der Waals surface area contributed by atoms with E-state index in [2.05, 4.69) is 11.0 Å². The minimum Gasteiger partial charge on any atom is -0.343 e. The molecule has 1 unspecified atom stereocenters. The molecule has 0 aromatic carbocycles. The predicted octanol–water partition coefficient (Wildman–Crippen LogP) is 4.27. The lowest BCUT2D eigenvalue weighted by Gasteiger charge is -2.32. The van der Waals surface area contributed by atoms with Crippen LogP contribution in [0.4, 0.5) is 0 Å². The Morgan fingerprint density at radius 1 is 0.963 bits per heavy atom. The molecule has 1 aliphatic carbocycles. The molecule has 1 atom stereocenters. The number of aryl methyl sites for hydroxylation is 2. The number of carbonyl (C=O) groups is 2. The first-order valence-corrected chi connectivity index (χ1v) is 11.7. The van der Waals surface area contributed by atoms with Crippen LogP contribution < -0.4 is 0 Å². The van der Waals surface area contributed by atoms with Gasteiger partial charge < -0.3 is 9.80 Å². The van der Waals surface area contributed by atoms with Crippen LogP contribution in [0.2, 0.25) is 0 Å². The van der Waals surface area contributed by atoms with Crippen molar-refractivity contribution in [3.05, 3.63) is 21.4 Å². The van der Waals surface area contributed by atoms with Crippen molar-refractivity contribution in [1.82, 2.24) is 9.80 Å². The third-order valence-electron chi connectivity index (χ3n) is 6.49. The number of thiophene rings is 1. The molecule has 2 saturated heterocycles. The van der Waals surface area contributed by atoms with Gasteiger partial charge in [-0.25, -0.2) is 0 Å². The van der Waals surface area contributed by atoms with Crippen molar-refractivity contribution < 1.29 is 9.59 Å². The maximum atomic E-state index is 13.1. The largest absolute Gasteiger partial charge is 0.343 e. The van der Waals surface area contributed by atoms with Crippen LogP contribution in [0.25, 0.3) is 0 Å². The van der Waals surface area contributed by atoms with Crippen LogP contribution in [0.1, 0.15) is 77.9 Å². The summed E-state index contributed by atoms with van der Waals surface area (Å²) in [5.74, 6) is 1.02. The van der Waals surface area contributed by atoms with Crippen molar-refractivity contribution in [2.45, 2.75) is 70.6 Å². The fraction of sp³-hybridized carbons (Fsp3) is 0.727. The molecular weight excluding hydrogens is 356 g/mol. The number of nitrogens with zero attached hydrogens (tertiary/aromatic N) is 2. The van der Waals surface area contributed by atoms with E-state index >= 15 is 0 Å². The van der Waals surface area contributed by atoms with Gasteiger partial charge in [-0.15, -0.1) is 11.3 Å². The van der Waals surface area contributed by atoms with Gasteiger partial charge >= 0.3 is 0 Å². The maximum Gasteiger partial charge on any atom is 0.263 e. The molecule has 2 amide bonds. The summed E-state index contributed by atoms with van der Waals surface area (Å²) in [6.45, 7) is 3.58. The summed E-state index contributed by atoms with van der Waals surface area (Å²) in [6.07, 6.45) is 12.2. The zero-order chi connectivity index (χ0) is 18.6. The van der Waals surface area contributed by atoms with Crippen LogP contribution >= 0.6 is 11.3 Å². The van der Waals surface area contributed by atoms with Crippen LogP contribution in [0, 0.1) is 5.92 Å². The van der Waals surface area contributed by atoms with E-state index in [1.54, 1.807) is 11.3 Å². The molecule has 0 spiro atoms. The second kappa shape index (κ2) is 8.76. The number of amides is 2. The number of likely N-dealkylation sites (tertiary alicyclic amines) is 2. The molecule has 27 heavy (non-hydrogen) atoms. The highest BCUT2D eigenvalue weighted by molar-refractivity contribution is 7.14. The van der Waals surface area contributed by atoms with Gasteiger partial charge in [-0.3, -0.25) is 9.59 Å². The van der Waals surface area contributed by atoms with Gasteiger partial charge in [0.25, 0.3) is 5.91 Å². The summed E-state index contributed by atoms with van der Waals surface area (Å²) in [5.41, 5.74) is 1.42. The smallest absolute Gasteiger partial charge is 0.263 e. The van der Waals surface area contributed by atoms with Gasteiger partial charge in [0.05, 0.1) is 4.88 Å². The third-order valence-corrected chi connectivity index (χ3v) is 7.71. The average Bonchev–Trinajstić information content (AvgIpc) is 3.32. The average molecular weight is 389 g/mol. The van der Waals surface area contributed by atoms with E-state index in [1.165, 1.54) is 29.7 Å². The van der Waals surface area contributed by atoms with E-state index in [9.17, 15) is 9.59 Å². The van der Waals surface area contributed by atoms with Crippen LogP contribution in [0.3, 0.4) is 0 Å². The van der Waals surface area contributed by atoms with Gasteiger partial charge in [0.2, 0.25) is 5.91 Å². The molecule has 0 radical (unpaired) electrons. The fourth-order valence-corrected chi connectivity index (χ4v) is 6.09. The summed E-state index contributed by atoms with van der Waals surface area (Å²) in [4.78, 5) is 31.8. The Balaban J connectivity index is 1.32. The van der Waals surface area contributed by atoms with Gasteiger partial charge in [-0.2, -0.15) is 0 Å². The van der Waals surface area contributed by atoms with Gasteiger partial charge in [-0.05, 0) is 75.3 Å². The summed E-state index contributed by atoms with van der Waals surface area (Å²) in [7, 11) is 0. The van der Waals surface area contributed by atoms with Gasteiger partial charge in [0, 0.05) is 37.5 Å². The number of hydrogen-bond donors (Lipinski definition) is 0. The maximum absolute atomic E-state index is 13.1. The Morgan fingerprint density at radius 2 is 1.74 bits per heavy atom. The Bertz CT molecular complexity index is 654. The minimum atomic E-state index is 0.226. The summed E-state index contributed by atoms with van der Waals surface area (Å²) >= 11 is 1.73. The summed E-state index contributed by atoms with van der Waals surface area (Å²) in [5, 5.41) is 0. The highest BCUT2D eigenvalue weighted by Crippen LogP contribution is 2.31. The topological polar surface area (TPSA) is 40.6 Å². The second-order valence-electron chi connectivity index (χ2n) is 8.51. The predicted molar refractivity (Wildman–Crippen MR) is 109 cm³/mol. The number of carbonyl (C=O) groups excluding carboxylic acids is 2. The lowest BCUT2D eigenvalue weighted by atomic mass is 9.93. The molecule has 1 aromatic heterocycles. The molecule has 1 aromatic rings. The zero-order valence-electron chi connectivity index (χ0n) is 16.4. The van der Waals surface area contributed by atoms with Crippen LogP contribution in [0.15, 0.2) is 6.07 Å². The van der Waals surface area contributed by atoms with Crippen LogP contribution in [-0.2, 0) is 17.6 Å². The molecule has 0 saturated carbocycles. The zero-order valence-corrected chi connectivity index (χ0v) is 17.2. The normalized spacial score (nSPS) is 23.2. The molecular formula is C22H32N2O2S. The highest BCUT2D eigenvalue weighted by atomic mass is 32.1. The lowest BCUT2D eigenvalue weighted by molar-refractivity contribution is -0.130. The first kappa shape index (κ1) is 19.0. The minimum absolute atomic E-state index is 0.226. The van der Waals surface area contributed by atoms with Gasteiger partial charge in [-0.1, -0.05) is 6.42 Å². The molecule has 4 rings (SSSR count). The van der Waals surface area contributed by atoms with Gasteiger partial charge in [0.1, 0.15) is 0 Å². The first-order chi connectivity index (χ1) is 13.2. The molecule has 3 aliphatic rings. The van der Waals surface area contributed by atoms with E-state index in [-0.39, 0.29) is 5.91 Å². The lowest BCUT2D eigenvalue weighted by Crippen LogP contribution is -2.40. The Kier molecular flexibility index (Phi) is 6.16. The van der Waals surface area contributed by atoms with E-state index < -0.39 is 0 Å². The van der Waals surface area contributed by atoms with E-state index in [4.69, 9.17) is 0 Å². The SMILES string of the molecule is O=C(CCC1CCCN(C(=O)c2cc3c(s2)CCCCC3)C1)N1CCCC1. The van der Waals surface area contributed by atoms with Crippen molar-refractivity contribution in [2.24, 2.45) is 5.92 Å². The monoisotopic (exact) mass is 388 g/mol. The quantitative estimate of drug-likeness (QED) is 0.723. The number of fused-ring (bicyclic) bond motifs is 1. The van der Waals surface area contributed by atoms with E-state index in [1.807, 2.05) is 4.90 Å². The standard InChI is InChI=1S/C22H32N2O2S/c25-21(23-12-4-5-13-23)11-10-17-7-6-14-24(16-17)22(26)20-15-18-8-2-1-3-9-19(18)27-20/h15,17H,1-14,16H2. The van der Waals surface area contributed by atoms with Crippen molar-refractivity contribution in [3.63, 3.8) is 0 Å². The highest BCUT2D eigenvalue weighted by Gasteiger charge is 2.27. The Morgan fingerprint density at radius 3 is 2.59 bits per heavy atom. The van der Waals surface area contributed by atoms with Crippen LogP contribution in [0.5, 0.6) is 0 Å². The molecule has 0 N–H and O–H groups in total. The van der Waals surface area contributed by atoms with E-state index in [0.717, 1.165) is 76.0 Å². The van der Waals surface area contributed by atoms with Crippen molar-refractivity contribution >= 4 is 23.2 Å². The molecule has 148 valence electrons. The number of rotatable bonds is 4. The molecule has 4 nitrogen and oxygen atoms in total. The fourth-order valence-electron chi connectivity index (χ4n) is 4.87. The molecule has 3 heterocycles. The third kappa shape index (κ3) is 4.56. The Hall–Kier alpha value is -1.36. The number of piperidine rings is 1. The second-order valence-corrected chi connectivity index (χ2v) is 9.64. The van der Waals surface area contributed by atoms with Crippen LogP contribution in [-0.4, -0.2) is 47.8 Å². The van der Waals surface area contributed by atoms with Crippen molar-refractivity contribution in [2.75, 3.05) is 26.2 Å². The first-order valence-electron chi connectivity index (χ1n) is 10.9. The number of hydrogen-bond acceptors (Lipinski definition) is 3. The molecule has 5 heteroatoms.